The summed E-state index contributed by atoms with van der Waals surface area (Å²) in [7, 11) is 0. The van der Waals surface area contributed by atoms with Gasteiger partial charge in [0, 0.05) is 11.7 Å². The monoisotopic (exact) mass is 304 g/mol. The average Bonchev–Trinajstić information content (AvgIpc) is 2.80. The van der Waals surface area contributed by atoms with E-state index < -0.39 is 0 Å². The Morgan fingerprint density at radius 2 is 1.90 bits per heavy atom. The summed E-state index contributed by atoms with van der Waals surface area (Å²) in [6, 6.07) is 8.03. The second kappa shape index (κ2) is 6.76. The summed E-state index contributed by atoms with van der Waals surface area (Å²) in [5.41, 5.74) is 1.98. The summed E-state index contributed by atoms with van der Waals surface area (Å²) in [6.45, 7) is 8.09. The number of nitrogens with one attached hydrogen (secondary N) is 1. The van der Waals surface area contributed by atoms with Crippen molar-refractivity contribution in [2.24, 2.45) is 0 Å². The summed E-state index contributed by atoms with van der Waals surface area (Å²) in [6.07, 6.45) is 0. The first kappa shape index (κ1) is 15.6. The lowest BCUT2D eigenvalue weighted by Gasteiger charge is -2.11. The van der Waals surface area contributed by atoms with Gasteiger partial charge in [-0.25, -0.2) is 0 Å². The fourth-order valence-electron chi connectivity index (χ4n) is 2.01. The van der Waals surface area contributed by atoms with Crippen LogP contribution < -0.4 is 5.32 Å². The lowest BCUT2D eigenvalue weighted by Crippen LogP contribution is -2.15. The van der Waals surface area contributed by atoms with E-state index in [9.17, 15) is 4.79 Å². The highest BCUT2D eigenvalue weighted by atomic mass is 32.2. The molecule has 5 nitrogen and oxygen atoms in total. The Hall–Kier alpha value is -1.82. The molecule has 0 radical (unpaired) electrons. The van der Waals surface area contributed by atoms with E-state index in [2.05, 4.69) is 29.4 Å². The zero-order valence-corrected chi connectivity index (χ0v) is 13.6. The highest BCUT2D eigenvalue weighted by Crippen LogP contribution is 2.21. The Morgan fingerprint density at radius 3 is 2.52 bits per heavy atom. The molecule has 0 fully saturated rings. The van der Waals surface area contributed by atoms with Gasteiger partial charge in [0.25, 0.3) is 0 Å². The number of aryl methyl sites for hydroxylation is 2. The predicted octanol–water partition coefficient (Wildman–Crippen LogP) is 3.21. The molecule has 0 saturated heterocycles. The van der Waals surface area contributed by atoms with Crippen LogP contribution in [0.5, 0.6) is 0 Å². The number of hydrogen-bond donors (Lipinski definition) is 1. The quantitative estimate of drug-likeness (QED) is 0.862. The third-order valence-corrected chi connectivity index (χ3v) is 3.96. The minimum absolute atomic E-state index is 0.0418. The normalized spacial score (nSPS) is 10.9. The summed E-state index contributed by atoms with van der Waals surface area (Å²) in [4.78, 5) is 12.0. The van der Waals surface area contributed by atoms with Gasteiger partial charge in [0.1, 0.15) is 5.82 Å². The number of aromatic nitrogens is 3. The predicted molar refractivity (Wildman–Crippen MR) is 85.7 cm³/mol. The molecule has 112 valence electrons. The van der Waals surface area contributed by atoms with E-state index in [1.807, 2.05) is 42.7 Å². The van der Waals surface area contributed by atoms with Crippen molar-refractivity contribution in [3.05, 3.63) is 35.7 Å². The first-order chi connectivity index (χ1) is 9.97. The van der Waals surface area contributed by atoms with Crippen molar-refractivity contribution >= 4 is 23.4 Å². The highest BCUT2D eigenvalue weighted by Gasteiger charge is 2.13. The largest absolute Gasteiger partial charge is 0.325 e. The molecule has 1 aromatic heterocycles. The van der Waals surface area contributed by atoms with Gasteiger partial charge in [-0.3, -0.25) is 4.79 Å². The van der Waals surface area contributed by atoms with Crippen LogP contribution in [0.2, 0.25) is 0 Å². The summed E-state index contributed by atoms with van der Waals surface area (Å²) in [5.74, 6) is 1.14. The van der Waals surface area contributed by atoms with E-state index >= 15 is 0 Å². The molecule has 0 aliphatic carbocycles. The van der Waals surface area contributed by atoms with Crippen LogP contribution in [0.25, 0.3) is 0 Å². The second-order valence-corrected chi connectivity index (χ2v) is 6.14. The SMILES string of the molecule is Cc1ccc(NC(=O)CSc2nnc(C)n2C(C)C)cc1. The molecule has 2 rings (SSSR count). The lowest BCUT2D eigenvalue weighted by molar-refractivity contribution is -0.113. The summed E-state index contributed by atoms with van der Waals surface area (Å²) < 4.78 is 2.03. The molecule has 1 aromatic carbocycles. The van der Waals surface area contributed by atoms with E-state index in [0.29, 0.717) is 5.75 Å². The molecule has 1 N–H and O–H groups in total. The molecule has 0 unspecified atom stereocenters. The third kappa shape index (κ3) is 4.07. The van der Waals surface area contributed by atoms with Crippen molar-refractivity contribution in [2.45, 2.75) is 38.9 Å². The molecular formula is C15H20N4OS. The Labute approximate surface area is 129 Å². The molecule has 21 heavy (non-hydrogen) atoms. The molecule has 0 bridgehead atoms. The molecule has 0 atom stereocenters. The zero-order valence-electron chi connectivity index (χ0n) is 12.8. The van der Waals surface area contributed by atoms with Gasteiger partial charge in [0.05, 0.1) is 5.75 Å². The van der Waals surface area contributed by atoms with Gasteiger partial charge in [-0.15, -0.1) is 10.2 Å². The van der Waals surface area contributed by atoms with Crippen molar-refractivity contribution < 1.29 is 4.79 Å². The molecule has 0 aliphatic rings. The molecule has 1 amide bonds. The topological polar surface area (TPSA) is 59.8 Å². The van der Waals surface area contributed by atoms with E-state index in [1.54, 1.807) is 0 Å². The molecule has 6 heteroatoms. The molecule has 2 aromatic rings. The van der Waals surface area contributed by atoms with Crippen LogP contribution in [-0.2, 0) is 4.79 Å². The van der Waals surface area contributed by atoms with Crippen molar-refractivity contribution in [2.75, 3.05) is 11.1 Å². The number of amides is 1. The maximum absolute atomic E-state index is 12.0. The summed E-state index contributed by atoms with van der Waals surface area (Å²) >= 11 is 1.40. The smallest absolute Gasteiger partial charge is 0.234 e. The zero-order chi connectivity index (χ0) is 15.4. The number of carbonyl (C=O) groups excluding carboxylic acids is 1. The van der Waals surface area contributed by atoms with Crippen LogP contribution in [0.4, 0.5) is 5.69 Å². The number of hydrogen-bond acceptors (Lipinski definition) is 4. The number of anilines is 1. The van der Waals surface area contributed by atoms with Crippen molar-refractivity contribution in [3.8, 4) is 0 Å². The van der Waals surface area contributed by atoms with Crippen LogP contribution in [0.1, 0.15) is 31.3 Å². The van der Waals surface area contributed by atoms with E-state index in [-0.39, 0.29) is 11.9 Å². The van der Waals surface area contributed by atoms with Gasteiger partial charge in [0.2, 0.25) is 5.91 Å². The third-order valence-electron chi connectivity index (χ3n) is 3.02. The maximum Gasteiger partial charge on any atom is 0.234 e. The van der Waals surface area contributed by atoms with Gasteiger partial charge in [0.15, 0.2) is 5.16 Å². The fraction of sp³-hybridized carbons (Fsp3) is 0.400. The van der Waals surface area contributed by atoms with Crippen LogP contribution >= 0.6 is 11.8 Å². The molecular weight excluding hydrogens is 284 g/mol. The Bertz CT molecular complexity index is 619. The average molecular weight is 304 g/mol. The van der Waals surface area contributed by atoms with E-state index in [0.717, 1.165) is 16.7 Å². The van der Waals surface area contributed by atoms with Gasteiger partial charge >= 0.3 is 0 Å². The Morgan fingerprint density at radius 1 is 1.24 bits per heavy atom. The van der Waals surface area contributed by atoms with Crippen molar-refractivity contribution in [1.29, 1.82) is 0 Å². The van der Waals surface area contributed by atoms with Gasteiger partial charge in [-0.1, -0.05) is 29.5 Å². The number of thioether (sulfide) groups is 1. The van der Waals surface area contributed by atoms with Crippen LogP contribution in [0.3, 0.4) is 0 Å². The van der Waals surface area contributed by atoms with Gasteiger partial charge in [-0.05, 0) is 39.8 Å². The number of carbonyl (C=O) groups is 1. The van der Waals surface area contributed by atoms with Crippen molar-refractivity contribution in [1.82, 2.24) is 14.8 Å². The standard InChI is InChI=1S/C15H20N4OS/c1-10(2)19-12(4)17-18-15(19)21-9-14(20)16-13-7-5-11(3)6-8-13/h5-8,10H,9H2,1-4H3,(H,16,20). The van der Waals surface area contributed by atoms with E-state index in [4.69, 9.17) is 0 Å². The number of rotatable bonds is 5. The second-order valence-electron chi connectivity index (χ2n) is 5.20. The molecule has 0 spiro atoms. The molecule has 0 saturated carbocycles. The maximum atomic E-state index is 12.0. The molecule has 1 heterocycles. The van der Waals surface area contributed by atoms with Crippen LogP contribution in [-0.4, -0.2) is 26.4 Å². The first-order valence-electron chi connectivity index (χ1n) is 6.88. The number of benzene rings is 1. The number of nitrogens with zero attached hydrogens (tertiary/aromatic N) is 3. The molecule has 0 aliphatic heterocycles. The van der Waals surface area contributed by atoms with E-state index in [1.165, 1.54) is 17.3 Å². The Balaban J connectivity index is 1.94. The highest BCUT2D eigenvalue weighted by molar-refractivity contribution is 7.99. The van der Waals surface area contributed by atoms with Gasteiger partial charge < -0.3 is 9.88 Å². The van der Waals surface area contributed by atoms with Crippen LogP contribution in [0.15, 0.2) is 29.4 Å². The summed E-state index contributed by atoms with van der Waals surface area (Å²) in [5, 5.41) is 11.9. The van der Waals surface area contributed by atoms with Gasteiger partial charge in [-0.2, -0.15) is 0 Å². The first-order valence-corrected chi connectivity index (χ1v) is 7.86. The van der Waals surface area contributed by atoms with Crippen molar-refractivity contribution in [3.63, 3.8) is 0 Å². The minimum atomic E-state index is -0.0418. The minimum Gasteiger partial charge on any atom is -0.325 e. The Kier molecular flexibility index (Phi) is 5.01. The lowest BCUT2D eigenvalue weighted by atomic mass is 10.2. The fourth-order valence-corrected chi connectivity index (χ4v) is 2.92. The van der Waals surface area contributed by atoms with Crippen LogP contribution in [0, 0.1) is 13.8 Å².